The minimum atomic E-state index is 0.0344. The lowest BCUT2D eigenvalue weighted by atomic mass is 10.3. The van der Waals surface area contributed by atoms with Gasteiger partial charge in [-0.05, 0) is 30.1 Å². The number of aryl methyl sites for hydroxylation is 1. The summed E-state index contributed by atoms with van der Waals surface area (Å²) in [6.07, 6.45) is 2.12. The first-order chi connectivity index (χ1) is 8.31. The number of aromatic nitrogens is 3. The quantitative estimate of drug-likeness (QED) is 0.713. The lowest BCUT2D eigenvalue weighted by molar-refractivity contribution is 0.646. The van der Waals surface area contributed by atoms with Gasteiger partial charge < -0.3 is 0 Å². The molecule has 0 aliphatic heterocycles. The molecule has 0 saturated carbocycles. The predicted octanol–water partition coefficient (Wildman–Crippen LogP) is 2.51. The summed E-state index contributed by atoms with van der Waals surface area (Å²) in [5, 5.41) is 0. The maximum absolute atomic E-state index is 12.2. The van der Waals surface area contributed by atoms with Gasteiger partial charge in [-0.2, -0.15) is 0 Å². The molecule has 0 fully saturated rings. The van der Waals surface area contributed by atoms with Crippen molar-refractivity contribution in [3.05, 3.63) is 34.7 Å². The van der Waals surface area contributed by atoms with Crippen molar-refractivity contribution in [1.82, 2.24) is 13.3 Å². The fourth-order valence-corrected chi connectivity index (χ4v) is 2.92. The number of nitrogens with zero attached hydrogens (tertiary/aromatic N) is 3. The maximum Gasteiger partial charge on any atom is 0.344 e. The molecule has 0 atom stereocenters. The summed E-state index contributed by atoms with van der Waals surface area (Å²) in [6, 6.07) is 7.75. The van der Waals surface area contributed by atoms with Crippen LogP contribution in [-0.2, 0) is 6.54 Å². The molecule has 1 aromatic carbocycles. The molecule has 0 aliphatic rings. The van der Waals surface area contributed by atoms with E-state index >= 15 is 0 Å². The van der Waals surface area contributed by atoms with Crippen LogP contribution in [0.2, 0.25) is 0 Å². The molecule has 17 heavy (non-hydrogen) atoms. The Morgan fingerprint density at radius 1 is 1.35 bits per heavy atom. The van der Waals surface area contributed by atoms with Gasteiger partial charge in [0.2, 0.25) is 4.96 Å². The van der Waals surface area contributed by atoms with E-state index in [-0.39, 0.29) is 5.69 Å². The molecule has 3 rings (SSSR count). The predicted molar refractivity (Wildman–Crippen MR) is 69.7 cm³/mol. The highest BCUT2D eigenvalue weighted by atomic mass is 32.1. The van der Waals surface area contributed by atoms with Gasteiger partial charge in [-0.3, -0.25) is 0 Å². The number of hydrogen-bond acceptors (Lipinski definition) is 3. The van der Waals surface area contributed by atoms with Crippen LogP contribution < -0.4 is 5.69 Å². The van der Waals surface area contributed by atoms with Gasteiger partial charge in [-0.25, -0.2) is 18.1 Å². The van der Waals surface area contributed by atoms with Crippen LogP contribution in [0.3, 0.4) is 0 Å². The number of unbranched alkanes of at least 4 members (excludes halogenated alkanes) is 1. The number of rotatable bonds is 3. The van der Waals surface area contributed by atoms with E-state index in [4.69, 9.17) is 0 Å². The Kier molecular flexibility index (Phi) is 2.48. The van der Waals surface area contributed by atoms with Crippen LogP contribution in [0, 0.1) is 0 Å². The van der Waals surface area contributed by atoms with Gasteiger partial charge >= 0.3 is 5.69 Å². The van der Waals surface area contributed by atoms with E-state index in [0.29, 0.717) is 0 Å². The van der Waals surface area contributed by atoms with Gasteiger partial charge in [-0.15, -0.1) is 0 Å². The summed E-state index contributed by atoms with van der Waals surface area (Å²) in [5.41, 5.74) is 1.82. The highest BCUT2D eigenvalue weighted by Crippen LogP contribution is 2.17. The van der Waals surface area contributed by atoms with E-state index < -0.39 is 0 Å². The zero-order valence-electron chi connectivity index (χ0n) is 9.59. The fraction of sp³-hybridized carbons (Fsp3) is 0.333. The molecule has 0 unspecified atom stereocenters. The van der Waals surface area contributed by atoms with Crippen molar-refractivity contribution in [2.75, 3.05) is 0 Å². The van der Waals surface area contributed by atoms with Crippen LogP contribution in [0.4, 0.5) is 0 Å². The molecule has 4 nitrogen and oxygen atoms in total. The number of hydrogen-bond donors (Lipinski definition) is 0. The Balaban J connectivity index is 2.24. The highest BCUT2D eigenvalue weighted by Gasteiger charge is 2.11. The summed E-state index contributed by atoms with van der Waals surface area (Å²) in [5.74, 6) is 0. The Hall–Kier alpha value is -1.62. The third-order valence-corrected chi connectivity index (χ3v) is 3.84. The van der Waals surface area contributed by atoms with E-state index in [1.807, 2.05) is 24.3 Å². The van der Waals surface area contributed by atoms with Crippen molar-refractivity contribution < 1.29 is 0 Å². The normalized spacial score (nSPS) is 11.6. The lowest BCUT2D eigenvalue weighted by Gasteiger charge is -1.95. The lowest BCUT2D eigenvalue weighted by Crippen LogP contribution is -2.18. The maximum atomic E-state index is 12.2. The van der Waals surface area contributed by atoms with Gasteiger partial charge in [-0.1, -0.05) is 25.5 Å². The molecule has 0 bridgehead atoms. The second kappa shape index (κ2) is 4.00. The number of imidazole rings is 1. The average Bonchev–Trinajstić information content (AvgIpc) is 2.84. The van der Waals surface area contributed by atoms with Crippen LogP contribution in [0.1, 0.15) is 19.8 Å². The molecule has 5 heteroatoms. The summed E-state index contributed by atoms with van der Waals surface area (Å²) in [6.45, 7) is 2.91. The molecule has 0 amide bonds. The second-order valence-electron chi connectivity index (χ2n) is 4.05. The minimum Gasteiger partial charge on any atom is -0.246 e. The van der Waals surface area contributed by atoms with Crippen LogP contribution in [0.25, 0.3) is 16.0 Å². The zero-order valence-corrected chi connectivity index (χ0v) is 10.4. The molecule has 0 N–H and O–H groups in total. The first-order valence-electron chi connectivity index (χ1n) is 5.78. The molecule has 3 aromatic rings. The number of fused-ring (bicyclic) bond motifs is 3. The molecular formula is C12H13N3OS. The van der Waals surface area contributed by atoms with E-state index in [9.17, 15) is 4.79 Å². The molecule has 0 aliphatic carbocycles. The number of benzene rings is 1. The van der Waals surface area contributed by atoms with Crippen molar-refractivity contribution >= 4 is 27.5 Å². The Morgan fingerprint density at radius 3 is 3.00 bits per heavy atom. The van der Waals surface area contributed by atoms with Crippen molar-refractivity contribution in [2.24, 2.45) is 0 Å². The van der Waals surface area contributed by atoms with E-state index in [0.717, 1.165) is 35.4 Å². The van der Waals surface area contributed by atoms with Gasteiger partial charge in [0.1, 0.15) is 0 Å². The molecule has 2 aromatic heterocycles. The molecule has 2 heterocycles. The molecule has 0 radical (unpaired) electrons. The van der Waals surface area contributed by atoms with Gasteiger partial charge in [0.25, 0.3) is 0 Å². The Morgan fingerprint density at radius 2 is 2.18 bits per heavy atom. The summed E-state index contributed by atoms with van der Waals surface area (Å²) < 4.78 is 3.49. The van der Waals surface area contributed by atoms with Crippen molar-refractivity contribution in [1.29, 1.82) is 0 Å². The van der Waals surface area contributed by atoms with Crippen LogP contribution in [-0.4, -0.2) is 13.3 Å². The van der Waals surface area contributed by atoms with E-state index in [1.165, 1.54) is 11.5 Å². The van der Waals surface area contributed by atoms with Crippen molar-refractivity contribution in [3.8, 4) is 0 Å². The smallest absolute Gasteiger partial charge is 0.246 e. The summed E-state index contributed by atoms with van der Waals surface area (Å²) in [7, 11) is 0. The van der Waals surface area contributed by atoms with Crippen molar-refractivity contribution in [2.45, 2.75) is 26.3 Å². The molecule has 88 valence electrons. The third kappa shape index (κ3) is 1.58. The highest BCUT2D eigenvalue weighted by molar-refractivity contribution is 7.11. The van der Waals surface area contributed by atoms with Gasteiger partial charge in [0.15, 0.2) is 0 Å². The van der Waals surface area contributed by atoms with Gasteiger partial charge in [0.05, 0.1) is 11.0 Å². The third-order valence-electron chi connectivity index (χ3n) is 2.84. The fourth-order valence-electron chi connectivity index (χ4n) is 1.94. The van der Waals surface area contributed by atoms with Crippen molar-refractivity contribution in [3.63, 3.8) is 0 Å². The standard InChI is InChI=1S/C12H13N3OS/c1-2-3-8-14-12(16)15-10-7-5-4-6-9(10)13-11(15)17-14/h4-7H,2-3,8H2,1H3. The van der Waals surface area contributed by atoms with Crippen LogP contribution >= 0.6 is 11.5 Å². The first-order valence-corrected chi connectivity index (χ1v) is 6.56. The largest absolute Gasteiger partial charge is 0.344 e. The second-order valence-corrected chi connectivity index (χ2v) is 5.04. The minimum absolute atomic E-state index is 0.0344. The average molecular weight is 247 g/mol. The summed E-state index contributed by atoms with van der Waals surface area (Å²) >= 11 is 1.45. The summed E-state index contributed by atoms with van der Waals surface area (Å²) in [4.78, 5) is 17.5. The van der Waals surface area contributed by atoms with Crippen LogP contribution in [0.5, 0.6) is 0 Å². The zero-order chi connectivity index (χ0) is 11.8. The Bertz CT molecular complexity index is 722. The van der Waals surface area contributed by atoms with E-state index in [1.54, 1.807) is 8.36 Å². The van der Waals surface area contributed by atoms with Crippen LogP contribution in [0.15, 0.2) is 29.1 Å². The molecule has 0 spiro atoms. The monoisotopic (exact) mass is 247 g/mol. The first kappa shape index (κ1) is 10.5. The van der Waals surface area contributed by atoms with Gasteiger partial charge in [0, 0.05) is 6.54 Å². The SMILES string of the molecule is CCCCn1sc2nc3ccccc3n2c1=O. The molecular weight excluding hydrogens is 234 g/mol. The van der Waals surface area contributed by atoms with E-state index in [2.05, 4.69) is 11.9 Å². The molecule has 0 saturated heterocycles. The topological polar surface area (TPSA) is 39.3 Å². The number of para-hydroxylation sites is 2. The Labute approximate surface area is 102 Å².